The van der Waals surface area contributed by atoms with Crippen LogP contribution >= 0.6 is 0 Å². The summed E-state index contributed by atoms with van der Waals surface area (Å²) in [5.41, 5.74) is 1.38. The highest BCUT2D eigenvalue weighted by molar-refractivity contribution is 5.98. The second kappa shape index (κ2) is 9.21. The van der Waals surface area contributed by atoms with E-state index in [4.69, 9.17) is 9.84 Å². The van der Waals surface area contributed by atoms with Crippen LogP contribution in [0.25, 0.3) is 10.8 Å². The van der Waals surface area contributed by atoms with Crippen LogP contribution in [0.15, 0.2) is 48.8 Å². The zero-order valence-electron chi connectivity index (χ0n) is 17.7. The predicted molar refractivity (Wildman–Crippen MR) is 120 cm³/mol. The highest BCUT2D eigenvalue weighted by Gasteiger charge is 2.27. The van der Waals surface area contributed by atoms with Gasteiger partial charge in [-0.3, -0.25) is 14.6 Å². The number of nitrogens with one attached hydrogen (secondary N) is 1. The summed E-state index contributed by atoms with van der Waals surface area (Å²) in [4.78, 5) is 30.4. The molecule has 1 aliphatic heterocycles. The van der Waals surface area contributed by atoms with Crippen LogP contribution in [0.3, 0.4) is 0 Å². The van der Waals surface area contributed by atoms with Crippen LogP contribution in [0, 0.1) is 11.7 Å². The van der Waals surface area contributed by atoms with E-state index in [2.05, 4.69) is 15.2 Å². The van der Waals surface area contributed by atoms with Gasteiger partial charge < -0.3 is 20.1 Å². The molecule has 1 saturated heterocycles. The quantitative estimate of drug-likeness (QED) is 0.608. The lowest BCUT2D eigenvalue weighted by Gasteiger charge is -2.34. The molecular weight excluding hydrogens is 413 g/mol. The van der Waals surface area contributed by atoms with Gasteiger partial charge in [0.05, 0.1) is 31.3 Å². The molecule has 0 radical (unpaired) electrons. The van der Waals surface area contributed by atoms with E-state index in [-0.39, 0.29) is 17.4 Å². The molecule has 2 N–H and O–H groups in total. The standard InChI is InChI=1S/C24H24FN3O4/c1-32-22-6-2-5-18-19(22)12-26-13-21(18)28-9-3-4-15(14-28)24(31)27-17-7-8-20(25)16(10-17)11-23(29)30/h2,5-8,10,12-13,15H,3-4,9,11,14H2,1H3,(H,27,31)(H,29,30). The van der Waals surface area contributed by atoms with Crippen LogP contribution in [-0.2, 0) is 16.0 Å². The number of benzene rings is 2. The summed E-state index contributed by atoms with van der Waals surface area (Å²) in [6, 6.07) is 9.84. The zero-order valence-corrected chi connectivity index (χ0v) is 17.7. The molecule has 2 aromatic carbocycles. The fraction of sp³-hybridized carbons (Fsp3) is 0.292. The molecule has 1 aliphatic rings. The number of anilines is 2. The minimum atomic E-state index is -1.13. The number of fused-ring (bicyclic) bond motifs is 1. The third kappa shape index (κ3) is 4.49. The maximum Gasteiger partial charge on any atom is 0.307 e. The van der Waals surface area contributed by atoms with Crippen molar-refractivity contribution in [3.05, 3.63) is 60.2 Å². The van der Waals surface area contributed by atoms with Gasteiger partial charge in [0.1, 0.15) is 11.6 Å². The van der Waals surface area contributed by atoms with Crippen molar-refractivity contribution in [3.63, 3.8) is 0 Å². The molecule has 1 aromatic heterocycles. The van der Waals surface area contributed by atoms with E-state index in [1.165, 1.54) is 18.2 Å². The Morgan fingerprint density at radius 2 is 2.09 bits per heavy atom. The number of nitrogens with zero attached hydrogens (tertiary/aromatic N) is 2. The fourth-order valence-corrected chi connectivity index (χ4v) is 4.19. The predicted octanol–water partition coefficient (Wildman–Crippen LogP) is 3.86. The molecule has 32 heavy (non-hydrogen) atoms. The van der Waals surface area contributed by atoms with Gasteiger partial charge in [0.15, 0.2) is 0 Å². The van der Waals surface area contributed by atoms with Gasteiger partial charge in [-0.15, -0.1) is 0 Å². The number of piperidine rings is 1. The third-order valence-electron chi connectivity index (χ3n) is 5.75. The molecule has 1 unspecified atom stereocenters. The lowest BCUT2D eigenvalue weighted by molar-refractivity contribution is -0.136. The minimum Gasteiger partial charge on any atom is -0.496 e. The summed E-state index contributed by atoms with van der Waals surface area (Å²) in [6.07, 6.45) is 4.71. The van der Waals surface area contributed by atoms with Crippen LogP contribution < -0.4 is 15.0 Å². The van der Waals surface area contributed by atoms with Crippen LogP contribution in [0.2, 0.25) is 0 Å². The van der Waals surface area contributed by atoms with Crippen molar-refractivity contribution in [3.8, 4) is 5.75 Å². The molecule has 0 saturated carbocycles. The molecule has 0 bridgehead atoms. The largest absolute Gasteiger partial charge is 0.496 e. The number of carboxylic acids is 1. The molecule has 166 valence electrons. The van der Waals surface area contributed by atoms with Crippen molar-refractivity contribution in [2.45, 2.75) is 19.3 Å². The minimum absolute atomic E-state index is 0.0383. The number of amides is 1. The molecule has 3 aromatic rings. The Hall–Kier alpha value is -3.68. The first-order chi connectivity index (χ1) is 15.5. The number of halogens is 1. The molecule has 1 atom stereocenters. The Balaban J connectivity index is 1.52. The smallest absolute Gasteiger partial charge is 0.307 e. The van der Waals surface area contributed by atoms with Gasteiger partial charge in [-0.25, -0.2) is 4.39 Å². The van der Waals surface area contributed by atoms with Gasteiger partial charge in [0.25, 0.3) is 0 Å². The monoisotopic (exact) mass is 437 g/mol. The van der Waals surface area contributed by atoms with E-state index in [9.17, 15) is 14.0 Å². The van der Waals surface area contributed by atoms with Gasteiger partial charge in [-0.1, -0.05) is 12.1 Å². The lowest BCUT2D eigenvalue weighted by atomic mass is 9.96. The summed E-state index contributed by atoms with van der Waals surface area (Å²) >= 11 is 0. The number of ether oxygens (including phenoxy) is 1. The van der Waals surface area contributed by atoms with Crippen molar-refractivity contribution < 1.29 is 23.8 Å². The first kappa shape index (κ1) is 21.5. The van der Waals surface area contributed by atoms with E-state index in [0.29, 0.717) is 12.2 Å². The number of methoxy groups -OCH3 is 1. The second-order valence-corrected chi connectivity index (χ2v) is 7.87. The molecule has 7 nitrogen and oxygen atoms in total. The number of aliphatic carboxylic acids is 1. The SMILES string of the molecule is COc1cccc2c(N3CCCC(C(=O)Nc4ccc(F)c(CC(=O)O)c4)C3)cncc12. The maximum atomic E-state index is 13.8. The summed E-state index contributed by atoms with van der Waals surface area (Å²) in [5.74, 6) is -1.42. The van der Waals surface area contributed by atoms with Crippen molar-refractivity contribution in [2.24, 2.45) is 5.92 Å². The number of carboxylic acid groups (broad SMARTS) is 1. The molecule has 1 fully saturated rings. The van der Waals surface area contributed by atoms with Gasteiger partial charge in [-0.05, 0) is 37.1 Å². The molecule has 0 aliphatic carbocycles. The number of aromatic nitrogens is 1. The first-order valence-corrected chi connectivity index (χ1v) is 10.4. The number of hydrogen-bond donors (Lipinski definition) is 2. The van der Waals surface area contributed by atoms with E-state index < -0.39 is 18.2 Å². The first-order valence-electron chi connectivity index (χ1n) is 10.4. The summed E-state index contributed by atoms with van der Waals surface area (Å²) < 4.78 is 19.3. The lowest BCUT2D eigenvalue weighted by Crippen LogP contribution is -2.41. The third-order valence-corrected chi connectivity index (χ3v) is 5.75. The van der Waals surface area contributed by atoms with Crippen LogP contribution in [0.1, 0.15) is 18.4 Å². The van der Waals surface area contributed by atoms with Gasteiger partial charge in [0, 0.05) is 41.3 Å². The Bertz CT molecular complexity index is 1170. The van der Waals surface area contributed by atoms with Crippen molar-refractivity contribution in [2.75, 3.05) is 30.4 Å². The number of carbonyl (C=O) groups excluding carboxylic acids is 1. The molecule has 0 spiro atoms. The van der Waals surface area contributed by atoms with Crippen molar-refractivity contribution in [1.29, 1.82) is 0 Å². The second-order valence-electron chi connectivity index (χ2n) is 7.87. The van der Waals surface area contributed by atoms with E-state index in [1.807, 2.05) is 18.2 Å². The van der Waals surface area contributed by atoms with Gasteiger partial charge in [-0.2, -0.15) is 0 Å². The fourth-order valence-electron chi connectivity index (χ4n) is 4.19. The number of hydrogen-bond acceptors (Lipinski definition) is 5. The number of carbonyl (C=O) groups is 2. The summed E-state index contributed by atoms with van der Waals surface area (Å²) in [7, 11) is 1.63. The van der Waals surface area contributed by atoms with Crippen molar-refractivity contribution >= 4 is 34.0 Å². The average Bonchev–Trinajstić information content (AvgIpc) is 2.80. The highest BCUT2D eigenvalue weighted by Crippen LogP contribution is 2.34. The van der Waals surface area contributed by atoms with Crippen LogP contribution in [0.5, 0.6) is 5.75 Å². The number of pyridine rings is 1. The molecular formula is C24H24FN3O4. The highest BCUT2D eigenvalue weighted by atomic mass is 19.1. The van der Waals surface area contributed by atoms with E-state index in [1.54, 1.807) is 19.5 Å². The molecule has 1 amide bonds. The summed E-state index contributed by atoms with van der Waals surface area (Å²) in [6.45, 7) is 1.33. The normalized spacial score (nSPS) is 16.1. The van der Waals surface area contributed by atoms with Crippen molar-refractivity contribution in [1.82, 2.24) is 4.98 Å². The Morgan fingerprint density at radius 3 is 2.88 bits per heavy atom. The zero-order chi connectivity index (χ0) is 22.7. The van der Waals surface area contributed by atoms with Crippen LogP contribution in [-0.4, -0.2) is 42.2 Å². The van der Waals surface area contributed by atoms with Crippen LogP contribution in [0.4, 0.5) is 15.8 Å². The molecule has 4 rings (SSSR count). The summed E-state index contributed by atoms with van der Waals surface area (Å²) in [5, 5.41) is 13.7. The van der Waals surface area contributed by atoms with E-state index >= 15 is 0 Å². The molecule has 8 heteroatoms. The topological polar surface area (TPSA) is 91.8 Å². The Morgan fingerprint density at radius 1 is 1.25 bits per heavy atom. The maximum absolute atomic E-state index is 13.8. The Labute approximate surface area is 184 Å². The van der Waals surface area contributed by atoms with Gasteiger partial charge in [0.2, 0.25) is 5.91 Å². The average molecular weight is 437 g/mol. The van der Waals surface area contributed by atoms with E-state index in [0.717, 1.165) is 41.6 Å². The number of rotatable bonds is 6. The molecule has 2 heterocycles. The van der Waals surface area contributed by atoms with Gasteiger partial charge >= 0.3 is 5.97 Å². The Kier molecular flexibility index (Phi) is 6.20.